The lowest BCUT2D eigenvalue weighted by Crippen LogP contribution is -2.34. The first-order valence-corrected chi connectivity index (χ1v) is 11.7. The van der Waals surface area contributed by atoms with Crippen molar-refractivity contribution in [1.29, 1.82) is 0 Å². The Morgan fingerprint density at radius 2 is 1.71 bits per heavy atom. The summed E-state index contributed by atoms with van der Waals surface area (Å²) in [4.78, 5) is 34.9. The Bertz CT molecular complexity index is 1330. The van der Waals surface area contributed by atoms with Crippen LogP contribution in [0.3, 0.4) is 0 Å². The van der Waals surface area contributed by atoms with E-state index in [1.807, 2.05) is 102 Å². The van der Waals surface area contributed by atoms with Crippen molar-refractivity contribution < 1.29 is 9.59 Å². The van der Waals surface area contributed by atoms with Crippen LogP contribution in [0.5, 0.6) is 0 Å². The van der Waals surface area contributed by atoms with Gasteiger partial charge in [0, 0.05) is 36.8 Å². The van der Waals surface area contributed by atoms with Crippen LogP contribution in [-0.2, 0) is 16.1 Å². The van der Waals surface area contributed by atoms with Crippen molar-refractivity contribution in [3.8, 4) is 0 Å². The van der Waals surface area contributed by atoms with Crippen LogP contribution in [-0.4, -0.2) is 34.5 Å². The maximum absolute atomic E-state index is 13.4. The summed E-state index contributed by atoms with van der Waals surface area (Å²) in [6.07, 6.45) is 0.377. The predicted octanol–water partition coefficient (Wildman–Crippen LogP) is 4.92. The van der Waals surface area contributed by atoms with Gasteiger partial charge >= 0.3 is 0 Å². The van der Waals surface area contributed by atoms with Gasteiger partial charge in [-0.3, -0.25) is 9.59 Å². The molecule has 172 valence electrons. The summed E-state index contributed by atoms with van der Waals surface area (Å²) in [5.41, 5.74) is 4.69. The lowest BCUT2D eigenvalue weighted by Gasteiger charge is -2.23. The highest BCUT2D eigenvalue weighted by Crippen LogP contribution is 2.33. The normalized spacial score (nSPS) is 15.8. The quantitative estimate of drug-likeness (QED) is 0.417. The van der Waals surface area contributed by atoms with Crippen molar-refractivity contribution >= 4 is 34.2 Å². The summed E-state index contributed by atoms with van der Waals surface area (Å²) in [6.45, 7) is 5.32. The van der Waals surface area contributed by atoms with E-state index < -0.39 is 0 Å². The van der Waals surface area contributed by atoms with E-state index >= 15 is 0 Å². The molecule has 6 heteroatoms. The first-order valence-electron chi connectivity index (χ1n) is 11.7. The molecule has 0 radical (unpaired) electrons. The highest BCUT2D eigenvalue weighted by molar-refractivity contribution is 5.97. The molecule has 0 aliphatic carbocycles. The molecule has 5 rings (SSSR count). The van der Waals surface area contributed by atoms with Gasteiger partial charge in [0.1, 0.15) is 12.4 Å². The summed E-state index contributed by atoms with van der Waals surface area (Å²) < 4.78 is 2.00. The van der Waals surface area contributed by atoms with Crippen LogP contribution in [0.4, 0.5) is 11.4 Å². The molecule has 1 aliphatic heterocycles. The third-order valence-electron chi connectivity index (χ3n) is 6.50. The summed E-state index contributed by atoms with van der Waals surface area (Å²) in [5, 5.41) is 0. The minimum absolute atomic E-state index is 0.00202. The van der Waals surface area contributed by atoms with Crippen LogP contribution in [0.2, 0.25) is 0 Å². The number of rotatable bonds is 6. The molecule has 0 saturated carbocycles. The number of amides is 2. The van der Waals surface area contributed by atoms with Gasteiger partial charge in [0.05, 0.1) is 11.0 Å². The molecule has 2 heterocycles. The second-order valence-electron chi connectivity index (χ2n) is 8.76. The van der Waals surface area contributed by atoms with Crippen LogP contribution in [0, 0.1) is 6.92 Å². The smallest absolute Gasteiger partial charge is 0.246 e. The SMILES string of the molecule is CCN(C(=O)Cn1c(C2CC(=O)N(c3ccc(C)cc3)C2)nc2ccccc21)c1ccccc1. The minimum Gasteiger partial charge on any atom is -0.318 e. The lowest BCUT2D eigenvalue weighted by atomic mass is 10.1. The van der Waals surface area contributed by atoms with Gasteiger partial charge in [0.2, 0.25) is 11.8 Å². The molecule has 1 aliphatic rings. The number of aromatic nitrogens is 2. The average molecular weight is 453 g/mol. The second-order valence-corrected chi connectivity index (χ2v) is 8.76. The highest BCUT2D eigenvalue weighted by Gasteiger charge is 2.35. The van der Waals surface area contributed by atoms with Gasteiger partial charge in [-0.25, -0.2) is 4.98 Å². The monoisotopic (exact) mass is 452 g/mol. The third-order valence-corrected chi connectivity index (χ3v) is 6.50. The molecule has 2 amide bonds. The van der Waals surface area contributed by atoms with Crippen molar-refractivity contribution in [3.63, 3.8) is 0 Å². The van der Waals surface area contributed by atoms with Crippen molar-refractivity contribution in [2.45, 2.75) is 32.7 Å². The Morgan fingerprint density at radius 1 is 1.00 bits per heavy atom. The molecule has 0 N–H and O–H groups in total. The Labute approximate surface area is 199 Å². The topological polar surface area (TPSA) is 58.4 Å². The van der Waals surface area contributed by atoms with E-state index in [1.165, 1.54) is 0 Å². The number of hydrogen-bond donors (Lipinski definition) is 0. The average Bonchev–Trinajstić information content (AvgIpc) is 3.41. The van der Waals surface area contributed by atoms with Crippen LogP contribution >= 0.6 is 0 Å². The first kappa shape index (κ1) is 21.9. The number of hydrogen-bond acceptors (Lipinski definition) is 3. The van der Waals surface area contributed by atoms with Gasteiger partial charge in [0.15, 0.2) is 0 Å². The van der Waals surface area contributed by atoms with Crippen molar-refractivity contribution in [1.82, 2.24) is 9.55 Å². The summed E-state index contributed by atoms with van der Waals surface area (Å²) in [6, 6.07) is 25.6. The van der Waals surface area contributed by atoms with Crippen LogP contribution < -0.4 is 9.80 Å². The fraction of sp³-hybridized carbons (Fsp3) is 0.250. The fourth-order valence-electron chi connectivity index (χ4n) is 4.76. The highest BCUT2D eigenvalue weighted by atomic mass is 16.2. The van der Waals surface area contributed by atoms with Gasteiger partial charge in [-0.1, -0.05) is 48.0 Å². The number of aryl methyl sites for hydroxylation is 1. The lowest BCUT2D eigenvalue weighted by molar-refractivity contribution is -0.119. The Morgan fingerprint density at radius 3 is 2.44 bits per heavy atom. The van der Waals surface area contributed by atoms with E-state index in [2.05, 4.69) is 0 Å². The van der Waals surface area contributed by atoms with E-state index in [9.17, 15) is 9.59 Å². The second kappa shape index (κ2) is 9.14. The van der Waals surface area contributed by atoms with E-state index in [0.717, 1.165) is 33.8 Å². The van der Waals surface area contributed by atoms with Crippen molar-refractivity contribution in [2.75, 3.05) is 22.9 Å². The molecule has 3 aromatic carbocycles. The molecular weight excluding hydrogens is 424 g/mol. The molecule has 34 heavy (non-hydrogen) atoms. The van der Waals surface area contributed by atoms with E-state index in [1.54, 1.807) is 4.90 Å². The number of anilines is 2. The maximum Gasteiger partial charge on any atom is 0.246 e. The van der Waals surface area contributed by atoms with Crippen molar-refractivity contribution in [3.05, 3.63) is 90.3 Å². The van der Waals surface area contributed by atoms with Gasteiger partial charge in [0.25, 0.3) is 0 Å². The molecular formula is C28H28N4O2. The first-order chi connectivity index (χ1) is 16.5. The van der Waals surface area contributed by atoms with Gasteiger partial charge in [-0.05, 0) is 50.2 Å². The Kier molecular flexibility index (Phi) is 5.88. The molecule has 1 fully saturated rings. The zero-order chi connectivity index (χ0) is 23.7. The summed E-state index contributed by atoms with van der Waals surface area (Å²) in [5.74, 6) is 0.790. The zero-order valence-electron chi connectivity index (χ0n) is 19.5. The van der Waals surface area contributed by atoms with Crippen LogP contribution in [0.15, 0.2) is 78.9 Å². The number of carbonyl (C=O) groups is 2. The molecule has 1 aromatic heterocycles. The summed E-state index contributed by atoms with van der Waals surface area (Å²) >= 11 is 0. The number of benzene rings is 3. The van der Waals surface area contributed by atoms with E-state index in [0.29, 0.717) is 19.5 Å². The predicted molar refractivity (Wildman–Crippen MR) is 135 cm³/mol. The minimum atomic E-state index is -0.0826. The number of likely N-dealkylation sites (N-methyl/N-ethyl adjacent to an activating group) is 1. The van der Waals surface area contributed by atoms with E-state index in [-0.39, 0.29) is 24.3 Å². The van der Waals surface area contributed by atoms with Gasteiger partial charge in [-0.15, -0.1) is 0 Å². The van der Waals surface area contributed by atoms with Gasteiger partial charge in [-0.2, -0.15) is 0 Å². The summed E-state index contributed by atoms with van der Waals surface area (Å²) in [7, 11) is 0. The van der Waals surface area contributed by atoms with Crippen LogP contribution in [0.25, 0.3) is 11.0 Å². The van der Waals surface area contributed by atoms with Crippen LogP contribution in [0.1, 0.15) is 30.7 Å². The Balaban J connectivity index is 1.47. The molecule has 0 spiro atoms. The number of fused-ring (bicyclic) bond motifs is 1. The number of nitrogens with zero attached hydrogens (tertiary/aromatic N) is 4. The fourth-order valence-corrected chi connectivity index (χ4v) is 4.76. The standard InChI is InChI=1S/C28H28N4O2/c1-3-30(22-9-5-4-6-10-22)27(34)19-32-25-12-8-7-11-24(25)29-28(32)21-17-26(33)31(18-21)23-15-13-20(2)14-16-23/h4-16,21H,3,17-19H2,1-2H3. The number of carbonyl (C=O) groups excluding carboxylic acids is 2. The van der Waals surface area contributed by atoms with Gasteiger partial charge < -0.3 is 14.4 Å². The number of para-hydroxylation sites is 3. The zero-order valence-corrected chi connectivity index (χ0v) is 19.5. The number of imidazole rings is 1. The largest absolute Gasteiger partial charge is 0.318 e. The molecule has 1 unspecified atom stereocenters. The molecule has 0 bridgehead atoms. The molecule has 6 nitrogen and oxygen atoms in total. The molecule has 1 atom stereocenters. The van der Waals surface area contributed by atoms with E-state index in [4.69, 9.17) is 4.98 Å². The Hall–Kier alpha value is -3.93. The maximum atomic E-state index is 13.4. The van der Waals surface area contributed by atoms with Crippen molar-refractivity contribution in [2.24, 2.45) is 0 Å². The molecule has 4 aromatic rings. The molecule has 1 saturated heterocycles. The third kappa shape index (κ3) is 4.07.